The molecule has 0 radical (unpaired) electrons. The topological polar surface area (TPSA) is 72.8 Å². The van der Waals surface area contributed by atoms with Gasteiger partial charge in [-0.25, -0.2) is 10.4 Å². The Labute approximate surface area is 184 Å². The van der Waals surface area contributed by atoms with E-state index in [1.54, 1.807) is 13.1 Å². The van der Waals surface area contributed by atoms with Crippen LogP contribution in [-0.4, -0.2) is 23.7 Å². The standard InChI is InChI=1S/C22H22ClN3O3S/c1-4-28-20-11-17(12-24-26-22(27)21-14(2)25-15(3)30-21)7-10-19(20)29-13-16-5-8-18(23)9-6-16/h5-12H,4,13H2,1-3H3,(H,26,27)/b24-12+. The minimum atomic E-state index is -0.276. The van der Waals surface area contributed by atoms with Gasteiger partial charge in [0, 0.05) is 5.02 Å². The monoisotopic (exact) mass is 443 g/mol. The van der Waals surface area contributed by atoms with Crippen molar-refractivity contribution in [1.82, 2.24) is 10.4 Å². The van der Waals surface area contributed by atoms with Gasteiger partial charge in [0.2, 0.25) is 0 Å². The molecule has 2 aromatic carbocycles. The molecule has 1 heterocycles. The lowest BCUT2D eigenvalue weighted by Crippen LogP contribution is -2.17. The number of nitrogens with one attached hydrogen (secondary N) is 1. The molecule has 0 unspecified atom stereocenters. The molecule has 156 valence electrons. The highest BCUT2D eigenvalue weighted by Gasteiger charge is 2.13. The number of carbonyl (C=O) groups is 1. The van der Waals surface area contributed by atoms with Crippen molar-refractivity contribution in [2.75, 3.05) is 6.61 Å². The first-order chi connectivity index (χ1) is 14.5. The molecule has 1 N–H and O–H groups in total. The van der Waals surface area contributed by atoms with Gasteiger partial charge in [-0.05, 0) is 62.2 Å². The Morgan fingerprint density at radius 3 is 2.60 bits per heavy atom. The molecule has 0 saturated carbocycles. The molecule has 0 aliphatic carbocycles. The number of amides is 1. The van der Waals surface area contributed by atoms with E-state index in [9.17, 15) is 4.79 Å². The summed E-state index contributed by atoms with van der Waals surface area (Å²) in [6.45, 7) is 6.47. The molecular weight excluding hydrogens is 422 g/mol. The Morgan fingerprint density at radius 2 is 1.93 bits per heavy atom. The molecule has 1 amide bonds. The summed E-state index contributed by atoms with van der Waals surface area (Å²) in [5.41, 5.74) is 5.01. The highest BCUT2D eigenvalue weighted by Crippen LogP contribution is 2.29. The van der Waals surface area contributed by atoms with E-state index in [1.165, 1.54) is 11.3 Å². The number of rotatable bonds is 8. The maximum atomic E-state index is 12.2. The van der Waals surface area contributed by atoms with Crippen LogP contribution in [0.15, 0.2) is 47.6 Å². The van der Waals surface area contributed by atoms with E-state index in [1.807, 2.05) is 56.3 Å². The number of hydrogen-bond donors (Lipinski definition) is 1. The van der Waals surface area contributed by atoms with Gasteiger partial charge in [-0.1, -0.05) is 23.7 Å². The number of carbonyl (C=O) groups excluding carboxylic acids is 1. The second-order valence-corrected chi connectivity index (χ2v) is 8.04. The molecule has 0 fully saturated rings. The summed E-state index contributed by atoms with van der Waals surface area (Å²) in [6.07, 6.45) is 1.56. The van der Waals surface area contributed by atoms with Crippen molar-refractivity contribution in [3.05, 3.63) is 74.2 Å². The highest BCUT2D eigenvalue weighted by molar-refractivity contribution is 7.13. The fourth-order valence-corrected chi connectivity index (χ4v) is 3.63. The first-order valence-corrected chi connectivity index (χ1v) is 10.6. The molecule has 30 heavy (non-hydrogen) atoms. The van der Waals surface area contributed by atoms with Crippen LogP contribution in [0.5, 0.6) is 11.5 Å². The smallest absolute Gasteiger partial charge is 0.283 e. The molecule has 0 spiro atoms. The molecule has 3 aromatic rings. The van der Waals surface area contributed by atoms with Crippen LogP contribution in [-0.2, 0) is 6.61 Å². The number of aromatic nitrogens is 1. The van der Waals surface area contributed by atoms with E-state index >= 15 is 0 Å². The quantitative estimate of drug-likeness (QED) is 0.385. The summed E-state index contributed by atoms with van der Waals surface area (Å²) in [5.74, 6) is 0.960. The van der Waals surface area contributed by atoms with Crippen LogP contribution in [0.25, 0.3) is 0 Å². The zero-order valence-electron chi connectivity index (χ0n) is 16.9. The van der Waals surface area contributed by atoms with Gasteiger partial charge in [-0.2, -0.15) is 5.10 Å². The van der Waals surface area contributed by atoms with E-state index in [4.69, 9.17) is 21.1 Å². The molecule has 0 aliphatic rings. The minimum Gasteiger partial charge on any atom is -0.490 e. The Balaban J connectivity index is 1.66. The number of ether oxygens (including phenoxy) is 2. The lowest BCUT2D eigenvalue weighted by atomic mass is 10.2. The highest BCUT2D eigenvalue weighted by atomic mass is 35.5. The summed E-state index contributed by atoms with van der Waals surface area (Å²) in [4.78, 5) is 17.0. The number of hydrazone groups is 1. The number of aryl methyl sites for hydroxylation is 2. The van der Waals surface area contributed by atoms with Gasteiger partial charge in [0.05, 0.1) is 23.5 Å². The number of halogens is 1. The molecule has 0 bridgehead atoms. The predicted octanol–water partition coefficient (Wildman–Crippen LogP) is 5.15. The molecule has 0 aliphatic heterocycles. The van der Waals surface area contributed by atoms with Crippen molar-refractivity contribution < 1.29 is 14.3 Å². The van der Waals surface area contributed by atoms with E-state index in [2.05, 4.69) is 15.5 Å². The lowest BCUT2D eigenvalue weighted by molar-refractivity contribution is 0.0958. The van der Waals surface area contributed by atoms with Gasteiger partial charge < -0.3 is 9.47 Å². The SMILES string of the molecule is CCOc1cc(/C=N/NC(=O)c2sc(C)nc2C)ccc1OCc1ccc(Cl)cc1. The Hall–Kier alpha value is -2.90. The molecule has 3 rings (SSSR count). The zero-order valence-corrected chi connectivity index (χ0v) is 18.5. The Bertz CT molecular complexity index is 1050. The summed E-state index contributed by atoms with van der Waals surface area (Å²) in [6, 6.07) is 13.0. The lowest BCUT2D eigenvalue weighted by Gasteiger charge is -2.12. The average molecular weight is 444 g/mol. The largest absolute Gasteiger partial charge is 0.490 e. The summed E-state index contributed by atoms with van der Waals surface area (Å²) >= 11 is 7.26. The Morgan fingerprint density at radius 1 is 1.17 bits per heavy atom. The van der Waals surface area contributed by atoms with Crippen LogP contribution in [0.4, 0.5) is 0 Å². The van der Waals surface area contributed by atoms with Crippen LogP contribution >= 0.6 is 22.9 Å². The first-order valence-electron chi connectivity index (χ1n) is 9.37. The van der Waals surface area contributed by atoms with Crippen molar-refractivity contribution in [2.45, 2.75) is 27.4 Å². The van der Waals surface area contributed by atoms with Gasteiger partial charge in [0.25, 0.3) is 5.91 Å². The van der Waals surface area contributed by atoms with Crippen molar-refractivity contribution in [1.29, 1.82) is 0 Å². The third kappa shape index (κ3) is 5.81. The zero-order chi connectivity index (χ0) is 21.5. The normalized spacial score (nSPS) is 10.9. The van der Waals surface area contributed by atoms with Crippen molar-refractivity contribution in [3.63, 3.8) is 0 Å². The molecule has 0 atom stereocenters. The van der Waals surface area contributed by atoms with Gasteiger partial charge >= 0.3 is 0 Å². The molecule has 6 nitrogen and oxygen atoms in total. The number of hydrogen-bond acceptors (Lipinski definition) is 6. The number of nitrogens with zero attached hydrogens (tertiary/aromatic N) is 2. The molecular formula is C22H22ClN3O3S. The maximum absolute atomic E-state index is 12.2. The fourth-order valence-electron chi connectivity index (χ4n) is 2.69. The average Bonchev–Trinajstić information content (AvgIpc) is 3.07. The fraction of sp³-hybridized carbons (Fsp3) is 0.227. The van der Waals surface area contributed by atoms with Crippen LogP contribution in [0.1, 0.15) is 38.4 Å². The first kappa shape index (κ1) is 21.8. The maximum Gasteiger partial charge on any atom is 0.283 e. The van der Waals surface area contributed by atoms with E-state index in [0.29, 0.717) is 40.3 Å². The van der Waals surface area contributed by atoms with Gasteiger partial charge in [0.15, 0.2) is 11.5 Å². The van der Waals surface area contributed by atoms with Crippen LogP contribution in [0.3, 0.4) is 0 Å². The summed E-state index contributed by atoms with van der Waals surface area (Å²) < 4.78 is 11.6. The van der Waals surface area contributed by atoms with Crippen molar-refractivity contribution in [2.24, 2.45) is 5.10 Å². The summed E-state index contributed by atoms with van der Waals surface area (Å²) in [7, 11) is 0. The van der Waals surface area contributed by atoms with E-state index in [-0.39, 0.29) is 5.91 Å². The minimum absolute atomic E-state index is 0.276. The van der Waals surface area contributed by atoms with Crippen molar-refractivity contribution in [3.8, 4) is 11.5 Å². The van der Waals surface area contributed by atoms with E-state index in [0.717, 1.165) is 16.1 Å². The second-order valence-electron chi connectivity index (χ2n) is 6.40. The third-order valence-electron chi connectivity index (χ3n) is 4.06. The molecule has 0 saturated heterocycles. The van der Waals surface area contributed by atoms with E-state index < -0.39 is 0 Å². The predicted molar refractivity (Wildman–Crippen MR) is 120 cm³/mol. The third-order valence-corrected chi connectivity index (χ3v) is 5.39. The molecule has 8 heteroatoms. The Kier molecular flexibility index (Phi) is 7.43. The number of benzene rings is 2. The summed E-state index contributed by atoms with van der Waals surface area (Å²) in [5, 5.41) is 5.58. The van der Waals surface area contributed by atoms with Gasteiger partial charge in [-0.15, -0.1) is 11.3 Å². The molecule has 1 aromatic heterocycles. The second kappa shape index (κ2) is 10.2. The number of thiazole rings is 1. The van der Waals surface area contributed by atoms with Crippen LogP contribution in [0.2, 0.25) is 5.02 Å². The van der Waals surface area contributed by atoms with Crippen molar-refractivity contribution >= 4 is 35.1 Å². The van der Waals surface area contributed by atoms with Crippen LogP contribution in [0, 0.1) is 13.8 Å². The van der Waals surface area contributed by atoms with Crippen LogP contribution < -0.4 is 14.9 Å². The van der Waals surface area contributed by atoms with Gasteiger partial charge in [0.1, 0.15) is 11.5 Å². The van der Waals surface area contributed by atoms with Gasteiger partial charge in [-0.3, -0.25) is 4.79 Å².